The van der Waals surface area contributed by atoms with Gasteiger partial charge in [-0.15, -0.1) is 6.58 Å². The van der Waals surface area contributed by atoms with Gasteiger partial charge in [0.2, 0.25) is 0 Å². The second-order valence-electron chi connectivity index (χ2n) is 6.76. The van der Waals surface area contributed by atoms with Gasteiger partial charge in [0.25, 0.3) is 0 Å². The van der Waals surface area contributed by atoms with E-state index in [9.17, 15) is 0 Å². The first kappa shape index (κ1) is 20.2. The van der Waals surface area contributed by atoms with E-state index in [1.165, 1.54) is 44.9 Å². The van der Waals surface area contributed by atoms with E-state index in [1.54, 1.807) is 11.1 Å². The lowest BCUT2D eigenvalue weighted by Gasteiger charge is -2.14. The Labute approximate surface area is 134 Å². The van der Waals surface area contributed by atoms with Crippen molar-refractivity contribution in [3.63, 3.8) is 0 Å². The standard InChI is InChI=1S/C21H38/c1-7-9-13-19(4)16-17-21(6)20(5)15-11-10-14-18(3)12-8-2/h7,12,17,19-20H,1,8-11,13-16H2,2-6H3/b18-12+,21-17+. The van der Waals surface area contributed by atoms with Crippen molar-refractivity contribution in [2.75, 3.05) is 0 Å². The van der Waals surface area contributed by atoms with Gasteiger partial charge in [-0.2, -0.15) is 0 Å². The number of hydrogen-bond acceptors (Lipinski definition) is 0. The Morgan fingerprint density at radius 3 is 2.38 bits per heavy atom. The minimum Gasteiger partial charge on any atom is -0.103 e. The van der Waals surface area contributed by atoms with Crippen molar-refractivity contribution in [3.05, 3.63) is 36.0 Å². The van der Waals surface area contributed by atoms with Gasteiger partial charge in [0.05, 0.1) is 0 Å². The van der Waals surface area contributed by atoms with Crippen molar-refractivity contribution in [1.82, 2.24) is 0 Å². The molecule has 0 bridgehead atoms. The summed E-state index contributed by atoms with van der Waals surface area (Å²) in [5, 5.41) is 0. The SMILES string of the molecule is C=CCCC(C)C/C=C(\C)C(C)CCCC/C(C)=C/CC. The van der Waals surface area contributed by atoms with Crippen molar-refractivity contribution in [2.24, 2.45) is 11.8 Å². The van der Waals surface area contributed by atoms with Gasteiger partial charge in [0.1, 0.15) is 0 Å². The Bertz CT molecular complexity index is 319. The lowest BCUT2D eigenvalue weighted by Crippen LogP contribution is -1.99. The molecule has 0 saturated carbocycles. The molecule has 0 amide bonds. The first-order chi connectivity index (χ1) is 10.0. The molecule has 0 aliphatic carbocycles. The fraction of sp³-hybridized carbons (Fsp3) is 0.714. The van der Waals surface area contributed by atoms with E-state index in [2.05, 4.69) is 53.3 Å². The molecule has 0 heteroatoms. The topological polar surface area (TPSA) is 0 Å². The molecule has 0 rings (SSSR count). The van der Waals surface area contributed by atoms with Gasteiger partial charge < -0.3 is 0 Å². The predicted molar refractivity (Wildman–Crippen MR) is 98.6 cm³/mol. The maximum atomic E-state index is 3.80. The molecule has 2 atom stereocenters. The summed E-state index contributed by atoms with van der Waals surface area (Å²) in [5.74, 6) is 1.53. The Morgan fingerprint density at radius 1 is 1.05 bits per heavy atom. The van der Waals surface area contributed by atoms with Crippen molar-refractivity contribution >= 4 is 0 Å². The Balaban J connectivity index is 3.90. The number of unbranched alkanes of at least 4 members (excludes halogenated alkanes) is 1. The quantitative estimate of drug-likeness (QED) is 0.258. The fourth-order valence-corrected chi connectivity index (χ4v) is 2.64. The second kappa shape index (κ2) is 12.9. The van der Waals surface area contributed by atoms with Crippen LogP contribution in [0.3, 0.4) is 0 Å². The third-order valence-electron chi connectivity index (χ3n) is 4.49. The summed E-state index contributed by atoms with van der Waals surface area (Å²) in [4.78, 5) is 0. The number of allylic oxidation sites excluding steroid dienone is 5. The molecule has 2 unspecified atom stereocenters. The van der Waals surface area contributed by atoms with E-state index >= 15 is 0 Å². The average Bonchev–Trinajstić information content (AvgIpc) is 2.47. The highest BCUT2D eigenvalue weighted by Gasteiger charge is 2.05. The van der Waals surface area contributed by atoms with Crippen molar-refractivity contribution in [1.29, 1.82) is 0 Å². The first-order valence-electron chi connectivity index (χ1n) is 8.94. The van der Waals surface area contributed by atoms with Crippen LogP contribution in [-0.4, -0.2) is 0 Å². The first-order valence-corrected chi connectivity index (χ1v) is 8.94. The molecule has 122 valence electrons. The minimum atomic E-state index is 0.743. The van der Waals surface area contributed by atoms with Crippen molar-refractivity contribution in [3.8, 4) is 0 Å². The van der Waals surface area contributed by atoms with Crippen LogP contribution in [0.5, 0.6) is 0 Å². The van der Waals surface area contributed by atoms with Gasteiger partial charge in [-0.05, 0) is 70.6 Å². The van der Waals surface area contributed by atoms with Crippen LogP contribution < -0.4 is 0 Å². The van der Waals surface area contributed by atoms with Crippen LogP contribution in [0, 0.1) is 11.8 Å². The lowest BCUT2D eigenvalue weighted by atomic mass is 9.92. The van der Waals surface area contributed by atoms with E-state index in [0.717, 1.165) is 18.3 Å². The van der Waals surface area contributed by atoms with Gasteiger partial charge in [-0.25, -0.2) is 0 Å². The fourth-order valence-electron chi connectivity index (χ4n) is 2.64. The van der Waals surface area contributed by atoms with Gasteiger partial charge in [0, 0.05) is 0 Å². The molecule has 0 nitrogen and oxygen atoms in total. The Morgan fingerprint density at radius 2 is 1.76 bits per heavy atom. The number of rotatable bonds is 12. The highest BCUT2D eigenvalue weighted by atomic mass is 14.1. The van der Waals surface area contributed by atoms with Gasteiger partial charge >= 0.3 is 0 Å². The maximum absolute atomic E-state index is 3.80. The highest BCUT2D eigenvalue weighted by molar-refractivity contribution is 5.03. The molecule has 0 spiro atoms. The minimum absolute atomic E-state index is 0.743. The third kappa shape index (κ3) is 11.5. The van der Waals surface area contributed by atoms with Crippen LogP contribution in [0.15, 0.2) is 36.0 Å². The number of hydrogen-bond donors (Lipinski definition) is 0. The zero-order chi connectivity index (χ0) is 16.1. The largest absolute Gasteiger partial charge is 0.103 e. The predicted octanol–water partition coefficient (Wildman–Crippen LogP) is 7.48. The van der Waals surface area contributed by atoms with E-state index in [1.807, 2.05) is 6.08 Å². The average molecular weight is 291 g/mol. The summed E-state index contributed by atoms with van der Waals surface area (Å²) in [6, 6.07) is 0. The Hall–Kier alpha value is -0.780. The van der Waals surface area contributed by atoms with Crippen LogP contribution >= 0.6 is 0 Å². The van der Waals surface area contributed by atoms with E-state index < -0.39 is 0 Å². The molecule has 0 heterocycles. The summed E-state index contributed by atoms with van der Waals surface area (Å²) in [6.07, 6.45) is 17.0. The molecule has 0 radical (unpaired) electrons. The summed E-state index contributed by atoms with van der Waals surface area (Å²) >= 11 is 0. The monoisotopic (exact) mass is 290 g/mol. The summed E-state index contributed by atoms with van der Waals surface area (Å²) in [7, 11) is 0. The van der Waals surface area contributed by atoms with Crippen LogP contribution in [0.25, 0.3) is 0 Å². The molecule has 21 heavy (non-hydrogen) atoms. The smallest absolute Gasteiger partial charge is 0.0234 e. The summed E-state index contributed by atoms with van der Waals surface area (Å²) < 4.78 is 0. The molecular formula is C21H38. The normalized spacial score (nSPS) is 15.9. The second-order valence-corrected chi connectivity index (χ2v) is 6.76. The lowest BCUT2D eigenvalue weighted by molar-refractivity contribution is 0.529. The van der Waals surface area contributed by atoms with E-state index in [4.69, 9.17) is 0 Å². The molecule has 0 aromatic carbocycles. The Kier molecular flexibility index (Phi) is 12.4. The van der Waals surface area contributed by atoms with Gasteiger partial charge in [-0.1, -0.05) is 56.6 Å². The summed E-state index contributed by atoms with van der Waals surface area (Å²) in [5.41, 5.74) is 3.15. The van der Waals surface area contributed by atoms with Gasteiger partial charge in [-0.3, -0.25) is 0 Å². The highest BCUT2D eigenvalue weighted by Crippen LogP contribution is 2.21. The third-order valence-corrected chi connectivity index (χ3v) is 4.49. The molecule has 0 aromatic rings. The molecule has 0 fully saturated rings. The van der Waals surface area contributed by atoms with Gasteiger partial charge in [0.15, 0.2) is 0 Å². The maximum Gasteiger partial charge on any atom is -0.0234 e. The van der Waals surface area contributed by atoms with Crippen LogP contribution in [0.1, 0.15) is 86.0 Å². The van der Waals surface area contributed by atoms with Crippen LogP contribution in [0.2, 0.25) is 0 Å². The zero-order valence-electron chi connectivity index (χ0n) is 15.3. The van der Waals surface area contributed by atoms with E-state index in [-0.39, 0.29) is 0 Å². The molecule has 0 aromatic heterocycles. The van der Waals surface area contributed by atoms with Crippen molar-refractivity contribution in [2.45, 2.75) is 86.0 Å². The zero-order valence-corrected chi connectivity index (χ0v) is 15.3. The molecule has 0 saturated heterocycles. The summed E-state index contributed by atoms with van der Waals surface area (Å²) in [6.45, 7) is 15.3. The molecular weight excluding hydrogens is 252 g/mol. The van der Waals surface area contributed by atoms with E-state index in [0.29, 0.717) is 0 Å². The van der Waals surface area contributed by atoms with Crippen molar-refractivity contribution < 1.29 is 0 Å². The molecule has 0 aliphatic heterocycles. The molecule has 0 aliphatic rings. The van der Waals surface area contributed by atoms with Crippen LogP contribution in [0.4, 0.5) is 0 Å². The van der Waals surface area contributed by atoms with Crippen LogP contribution in [-0.2, 0) is 0 Å². The molecule has 0 N–H and O–H groups in total.